The van der Waals surface area contributed by atoms with Crippen molar-refractivity contribution in [1.29, 1.82) is 0 Å². The number of ketones is 1. The molecule has 0 aromatic carbocycles. The molecule has 3 unspecified atom stereocenters. The Balaban J connectivity index is 2.06. The molecule has 2 rings (SSSR count). The number of rotatable bonds is 2. The summed E-state index contributed by atoms with van der Waals surface area (Å²) in [7, 11) is 2.13. The first-order chi connectivity index (χ1) is 6.24. The second kappa shape index (κ2) is 3.41. The van der Waals surface area contributed by atoms with Gasteiger partial charge in [-0.15, -0.1) is 0 Å². The first kappa shape index (κ1) is 9.20. The molecule has 74 valence electrons. The fourth-order valence-corrected chi connectivity index (χ4v) is 3.11. The van der Waals surface area contributed by atoms with Crippen LogP contribution in [-0.2, 0) is 4.79 Å². The van der Waals surface area contributed by atoms with E-state index < -0.39 is 0 Å². The van der Waals surface area contributed by atoms with Gasteiger partial charge >= 0.3 is 0 Å². The van der Waals surface area contributed by atoms with Gasteiger partial charge in [-0.05, 0) is 32.2 Å². The molecule has 0 amide bonds. The van der Waals surface area contributed by atoms with Crippen molar-refractivity contribution < 1.29 is 4.79 Å². The lowest BCUT2D eigenvalue weighted by atomic mass is 9.99. The lowest BCUT2D eigenvalue weighted by Gasteiger charge is -2.23. The van der Waals surface area contributed by atoms with Crippen LogP contribution in [-0.4, -0.2) is 29.8 Å². The summed E-state index contributed by atoms with van der Waals surface area (Å²) in [5, 5.41) is 0. The van der Waals surface area contributed by atoms with Crippen LogP contribution in [0.25, 0.3) is 0 Å². The Kier molecular flexibility index (Phi) is 2.41. The first-order valence-electron chi connectivity index (χ1n) is 5.48. The molecule has 2 aliphatic rings. The highest BCUT2D eigenvalue weighted by Gasteiger charge is 2.43. The summed E-state index contributed by atoms with van der Waals surface area (Å²) >= 11 is 0. The van der Waals surface area contributed by atoms with Gasteiger partial charge in [-0.1, -0.05) is 13.3 Å². The summed E-state index contributed by atoms with van der Waals surface area (Å²) in [5.41, 5.74) is 0. The molecular weight excluding hydrogens is 162 g/mol. The summed E-state index contributed by atoms with van der Waals surface area (Å²) in [4.78, 5) is 14.0. The molecule has 0 spiro atoms. The monoisotopic (exact) mass is 181 g/mol. The van der Waals surface area contributed by atoms with Crippen molar-refractivity contribution in [3.05, 3.63) is 0 Å². The maximum Gasteiger partial charge on any atom is 0.149 e. The number of likely N-dealkylation sites (tertiary alicyclic amines) is 1. The smallest absolute Gasteiger partial charge is 0.149 e. The van der Waals surface area contributed by atoms with Crippen LogP contribution < -0.4 is 0 Å². The zero-order valence-corrected chi connectivity index (χ0v) is 8.62. The fourth-order valence-electron chi connectivity index (χ4n) is 3.11. The molecule has 2 heteroatoms. The lowest BCUT2D eigenvalue weighted by molar-refractivity contribution is -0.123. The highest BCUT2D eigenvalue weighted by atomic mass is 16.1. The molecule has 0 aromatic heterocycles. The first-order valence-corrected chi connectivity index (χ1v) is 5.48. The van der Waals surface area contributed by atoms with Gasteiger partial charge in [-0.3, -0.25) is 9.69 Å². The molecule has 0 aromatic rings. The molecule has 2 fully saturated rings. The van der Waals surface area contributed by atoms with E-state index in [0.717, 1.165) is 18.4 Å². The third-order valence-corrected chi connectivity index (χ3v) is 3.88. The average molecular weight is 181 g/mol. The van der Waals surface area contributed by atoms with E-state index in [4.69, 9.17) is 0 Å². The van der Waals surface area contributed by atoms with Gasteiger partial charge in [0.15, 0.2) is 0 Å². The lowest BCUT2D eigenvalue weighted by Crippen LogP contribution is -2.37. The number of hydrogen-bond acceptors (Lipinski definition) is 2. The van der Waals surface area contributed by atoms with E-state index in [2.05, 4.69) is 11.9 Å². The van der Waals surface area contributed by atoms with Crippen LogP contribution in [0.5, 0.6) is 0 Å². The van der Waals surface area contributed by atoms with Crippen molar-refractivity contribution in [2.75, 3.05) is 7.05 Å². The molecule has 0 radical (unpaired) electrons. The van der Waals surface area contributed by atoms with Crippen molar-refractivity contribution in [3.63, 3.8) is 0 Å². The van der Waals surface area contributed by atoms with Gasteiger partial charge in [0, 0.05) is 12.5 Å². The van der Waals surface area contributed by atoms with Crippen molar-refractivity contribution in [1.82, 2.24) is 4.90 Å². The van der Waals surface area contributed by atoms with Crippen LogP contribution in [0.2, 0.25) is 0 Å². The van der Waals surface area contributed by atoms with Crippen molar-refractivity contribution >= 4 is 5.78 Å². The quantitative estimate of drug-likeness (QED) is 0.648. The molecule has 13 heavy (non-hydrogen) atoms. The number of carbonyl (C=O) groups excluding carboxylic acids is 1. The fraction of sp³-hybridized carbons (Fsp3) is 0.909. The topological polar surface area (TPSA) is 20.3 Å². The summed E-state index contributed by atoms with van der Waals surface area (Å²) in [6.45, 7) is 1.98. The number of carbonyl (C=O) groups is 1. The van der Waals surface area contributed by atoms with Crippen LogP contribution in [0, 0.1) is 5.92 Å². The van der Waals surface area contributed by atoms with Gasteiger partial charge in [0.2, 0.25) is 0 Å². The summed E-state index contributed by atoms with van der Waals surface area (Å²) in [6, 6.07) is 0.973. The van der Waals surface area contributed by atoms with Gasteiger partial charge in [0.25, 0.3) is 0 Å². The highest BCUT2D eigenvalue weighted by Crippen LogP contribution is 2.40. The zero-order valence-electron chi connectivity index (χ0n) is 8.62. The van der Waals surface area contributed by atoms with Crippen LogP contribution in [0.15, 0.2) is 0 Å². The van der Waals surface area contributed by atoms with E-state index in [0.29, 0.717) is 12.2 Å². The third kappa shape index (κ3) is 1.41. The van der Waals surface area contributed by atoms with E-state index in [-0.39, 0.29) is 6.04 Å². The molecule has 1 aliphatic heterocycles. The number of hydrogen-bond donors (Lipinski definition) is 0. The van der Waals surface area contributed by atoms with E-state index >= 15 is 0 Å². The highest BCUT2D eigenvalue weighted by molar-refractivity contribution is 5.84. The molecule has 0 N–H and O–H groups in total. The molecule has 3 atom stereocenters. The van der Waals surface area contributed by atoms with E-state index in [1.165, 1.54) is 19.3 Å². The average Bonchev–Trinajstić information content (AvgIpc) is 2.68. The molecule has 1 saturated heterocycles. The van der Waals surface area contributed by atoms with Crippen LogP contribution in [0.4, 0.5) is 0 Å². The predicted molar refractivity (Wildman–Crippen MR) is 52.6 cm³/mol. The third-order valence-electron chi connectivity index (χ3n) is 3.88. The molecule has 2 nitrogen and oxygen atoms in total. The largest absolute Gasteiger partial charge is 0.298 e. The van der Waals surface area contributed by atoms with Crippen molar-refractivity contribution in [2.24, 2.45) is 5.92 Å². The number of likely N-dealkylation sites (N-methyl/N-ethyl adjacent to an activating group) is 1. The second-order valence-corrected chi connectivity index (χ2v) is 4.50. The zero-order chi connectivity index (χ0) is 9.42. The van der Waals surface area contributed by atoms with Crippen LogP contribution >= 0.6 is 0 Å². The number of fused-ring (bicyclic) bond motifs is 1. The van der Waals surface area contributed by atoms with Crippen LogP contribution in [0.3, 0.4) is 0 Å². The molecule has 1 aliphatic carbocycles. The second-order valence-electron chi connectivity index (χ2n) is 4.50. The van der Waals surface area contributed by atoms with Crippen molar-refractivity contribution in [3.8, 4) is 0 Å². The Morgan fingerprint density at radius 2 is 2.23 bits per heavy atom. The Bertz CT molecular complexity index is 214. The van der Waals surface area contributed by atoms with Gasteiger partial charge in [-0.25, -0.2) is 0 Å². The minimum atomic E-state index is 0.250. The van der Waals surface area contributed by atoms with Gasteiger partial charge < -0.3 is 0 Å². The van der Waals surface area contributed by atoms with Crippen molar-refractivity contribution in [2.45, 2.75) is 51.1 Å². The maximum absolute atomic E-state index is 11.6. The maximum atomic E-state index is 11.6. The molecule has 1 heterocycles. The Hall–Kier alpha value is -0.370. The van der Waals surface area contributed by atoms with Gasteiger partial charge in [-0.2, -0.15) is 0 Å². The Morgan fingerprint density at radius 3 is 2.85 bits per heavy atom. The summed E-state index contributed by atoms with van der Waals surface area (Å²) in [6.07, 6.45) is 5.87. The van der Waals surface area contributed by atoms with E-state index in [1.54, 1.807) is 0 Å². The SMILES string of the molecule is CCC(=O)C1CC2CCCC2N1C. The van der Waals surface area contributed by atoms with Gasteiger partial charge in [0.1, 0.15) is 5.78 Å². The summed E-state index contributed by atoms with van der Waals surface area (Å²) in [5.74, 6) is 1.27. The number of Topliss-reactive ketones (excluding diaryl/α,β-unsaturated/α-hetero) is 1. The molecule has 0 bridgehead atoms. The Morgan fingerprint density at radius 1 is 1.46 bits per heavy atom. The molecule has 1 saturated carbocycles. The molecular formula is C11H19NO. The normalized spacial score (nSPS) is 39.4. The van der Waals surface area contributed by atoms with Crippen LogP contribution in [0.1, 0.15) is 39.0 Å². The van der Waals surface area contributed by atoms with E-state index in [1.807, 2.05) is 6.92 Å². The minimum absolute atomic E-state index is 0.250. The minimum Gasteiger partial charge on any atom is -0.298 e. The summed E-state index contributed by atoms with van der Waals surface area (Å²) < 4.78 is 0. The standard InChI is InChI=1S/C11H19NO/c1-3-11(13)10-7-8-5-4-6-9(8)12(10)2/h8-10H,3-7H2,1-2H3. The van der Waals surface area contributed by atoms with E-state index in [9.17, 15) is 4.79 Å². The predicted octanol–water partition coefficient (Wildman–Crippen LogP) is 1.84. The van der Waals surface area contributed by atoms with Gasteiger partial charge in [0.05, 0.1) is 6.04 Å². The Labute approximate surface area is 80.3 Å². The number of nitrogens with zero attached hydrogens (tertiary/aromatic N) is 1.